The van der Waals surface area contributed by atoms with Gasteiger partial charge in [0.05, 0.1) is 11.1 Å². The fraction of sp³-hybridized carbons (Fsp3) is 0. The van der Waals surface area contributed by atoms with E-state index in [1.54, 1.807) is 0 Å². The molecule has 0 saturated carbocycles. The van der Waals surface area contributed by atoms with Crippen molar-refractivity contribution in [3.05, 3.63) is 75.6 Å². The van der Waals surface area contributed by atoms with Crippen LogP contribution in [-0.4, -0.2) is 17.0 Å². The molecule has 7 heteroatoms. The lowest BCUT2D eigenvalue weighted by Crippen LogP contribution is -2.17. The van der Waals surface area contributed by atoms with Crippen LogP contribution >= 0.6 is 0 Å². The first-order valence-corrected chi connectivity index (χ1v) is 5.90. The van der Waals surface area contributed by atoms with Crippen molar-refractivity contribution >= 4 is 17.8 Å². The van der Waals surface area contributed by atoms with Gasteiger partial charge in [-0.05, 0) is 23.8 Å². The Morgan fingerprint density at radius 3 is 2.62 bits per heavy atom. The number of carbonyl (C=O) groups excluding carboxylic acids is 1. The molecular formula is C14H10FN3O3. The summed E-state index contributed by atoms with van der Waals surface area (Å²) in [6.07, 6.45) is 1.34. The number of nitro groups is 1. The summed E-state index contributed by atoms with van der Waals surface area (Å²) in [7, 11) is 0. The molecule has 1 N–H and O–H groups in total. The summed E-state index contributed by atoms with van der Waals surface area (Å²) in [4.78, 5) is 21.8. The van der Waals surface area contributed by atoms with E-state index < -0.39 is 10.8 Å². The quantitative estimate of drug-likeness (QED) is 0.532. The van der Waals surface area contributed by atoms with E-state index in [1.165, 1.54) is 48.7 Å². The molecule has 0 heterocycles. The molecule has 0 fully saturated rings. The van der Waals surface area contributed by atoms with Crippen molar-refractivity contribution in [2.45, 2.75) is 0 Å². The predicted molar refractivity (Wildman–Crippen MR) is 74.6 cm³/mol. The second kappa shape index (κ2) is 6.38. The van der Waals surface area contributed by atoms with Gasteiger partial charge < -0.3 is 0 Å². The Kier molecular flexibility index (Phi) is 4.35. The van der Waals surface area contributed by atoms with Crippen LogP contribution in [0, 0.1) is 15.9 Å². The molecule has 2 aromatic carbocycles. The van der Waals surface area contributed by atoms with Crippen molar-refractivity contribution in [2.24, 2.45) is 5.10 Å². The van der Waals surface area contributed by atoms with Gasteiger partial charge in [-0.1, -0.05) is 18.2 Å². The van der Waals surface area contributed by atoms with Crippen molar-refractivity contribution in [1.29, 1.82) is 0 Å². The maximum Gasteiger partial charge on any atom is 0.271 e. The molecule has 0 bridgehead atoms. The Morgan fingerprint density at radius 1 is 1.24 bits per heavy atom. The van der Waals surface area contributed by atoms with Gasteiger partial charge in [0.1, 0.15) is 5.82 Å². The maximum atomic E-state index is 12.7. The largest absolute Gasteiger partial charge is 0.271 e. The van der Waals surface area contributed by atoms with Gasteiger partial charge in [-0.15, -0.1) is 0 Å². The molecule has 0 aliphatic rings. The highest BCUT2D eigenvalue weighted by Crippen LogP contribution is 2.12. The number of hydrogen-bond acceptors (Lipinski definition) is 4. The van der Waals surface area contributed by atoms with Crippen molar-refractivity contribution in [3.8, 4) is 0 Å². The van der Waals surface area contributed by atoms with E-state index in [0.717, 1.165) is 6.07 Å². The van der Waals surface area contributed by atoms with Crippen LogP contribution < -0.4 is 5.43 Å². The van der Waals surface area contributed by atoms with Crippen LogP contribution in [-0.2, 0) is 0 Å². The highest BCUT2D eigenvalue weighted by atomic mass is 19.1. The van der Waals surface area contributed by atoms with Crippen LogP contribution in [0.4, 0.5) is 10.1 Å². The van der Waals surface area contributed by atoms with Crippen LogP contribution in [0.5, 0.6) is 0 Å². The Morgan fingerprint density at radius 2 is 1.95 bits per heavy atom. The molecule has 0 aliphatic carbocycles. The zero-order chi connectivity index (χ0) is 15.2. The van der Waals surface area contributed by atoms with E-state index in [2.05, 4.69) is 10.5 Å². The summed E-state index contributed by atoms with van der Waals surface area (Å²) >= 11 is 0. The minimum Gasteiger partial charge on any atom is -0.267 e. The normalized spacial score (nSPS) is 10.5. The van der Waals surface area contributed by atoms with E-state index in [-0.39, 0.29) is 17.1 Å². The van der Waals surface area contributed by atoms with E-state index in [0.29, 0.717) is 5.56 Å². The number of nitrogens with zero attached hydrogens (tertiary/aromatic N) is 2. The average molecular weight is 287 g/mol. The zero-order valence-corrected chi connectivity index (χ0v) is 10.7. The first-order chi connectivity index (χ1) is 10.1. The topological polar surface area (TPSA) is 84.6 Å². The number of carbonyl (C=O) groups is 1. The maximum absolute atomic E-state index is 12.7. The Bertz CT molecular complexity index is 699. The molecule has 0 aliphatic heterocycles. The fourth-order valence-electron chi connectivity index (χ4n) is 1.54. The first-order valence-electron chi connectivity index (χ1n) is 5.90. The Labute approximate surface area is 119 Å². The van der Waals surface area contributed by atoms with Crippen molar-refractivity contribution in [1.82, 2.24) is 5.43 Å². The summed E-state index contributed by atoms with van der Waals surface area (Å²) in [5.41, 5.74) is 2.80. The van der Waals surface area contributed by atoms with E-state index in [4.69, 9.17) is 0 Å². The number of amides is 1. The van der Waals surface area contributed by atoms with Crippen LogP contribution in [0.2, 0.25) is 0 Å². The molecule has 0 unspecified atom stereocenters. The van der Waals surface area contributed by atoms with Gasteiger partial charge in [0, 0.05) is 17.7 Å². The second-order valence-corrected chi connectivity index (χ2v) is 4.06. The average Bonchev–Trinajstić information content (AvgIpc) is 2.49. The number of nitro benzene ring substituents is 1. The Balaban J connectivity index is 2.03. The molecule has 0 saturated heterocycles. The molecule has 106 valence electrons. The molecule has 2 aromatic rings. The summed E-state index contributed by atoms with van der Waals surface area (Å²) in [5.74, 6) is -0.940. The minimum absolute atomic E-state index is 0.125. The molecule has 0 radical (unpaired) electrons. The third-order valence-electron chi connectivity index (χ3n) is 2.57. The van der Waals surface area contributed by atoms with Crippen molar-refractivity contribution < 1.29 is 14.1 Å². The van der Waals surface area contributed by atoms with Crippen LogP contribution in [0.25, 0.3) is 0 Å². The number of hydrogen-bond donors (Lipinski definition) is 1. The Hall–Kier alpha value is -3.09. The number of nitrogens with one attached hydrogen (secondary N) is 1. The number of non-ortho nitro benzene ring substituents is 1. The minimum atomic E-state index is -0.585. The smallest absolute Gasteiger partial charge is 0.267 e. The van der Waals surface area contributed by atoms with Gasteiger partial charge >= 0.3 is 0 Å². The molecule has 1 amide bonds. The van der Waals surface area contributed by atoms with Gasteiger partial charge in [0.25, 0.3) is 11.6 Å². The van der Waals surface area contributed by atoms with E-state index >= 15 is 0 Å². The molecule has 2 rings (SSSR count). The van der Waals surface area contributed by atoms with Gasteiger partial charge in [0.15, 0.2) is 0 Å². The number of halogens is 1. The van der Waals surface area contributed by atoms with E-state index in [1.807, 2.05) is 0 Å². The second-order valence-electron chi connectivity index (χ2n) is 4.06. The van der Waals surface area contributed by atoms with Gasteiger partial charge in [-0.2, -0.15) is 5.10 Å². The number of benzene rings is 2. The third-order valence-corrected chi connectivity index (χ3v) is 2.57. The highest BCUT2D eigenvalue weighted by molar-refractivity contribution is 5.95. The zero-order valence-electron chi connectivity index (χ0n) is 10.7. The first kappa shape index (κ1) is 14.3. The van der Waals surface area contributed by atoms with Crippen molar-refractivity contribution in [3.63, 3.8) is 0 Å². The van der Waals surface area contributed by atoms with Crippen molar-refractivity contribution in [2.75, 3.05) is 0 Å². The highest BCUT2D eigenvalue weighted by Gasteiger charge is 2.10. The fourth-order valence-corrected chi connectivity index (χ4v) is 1.54. The number of hydrazone groups is 1. The van der Waals surface area contributed by atoms with Gasteiger partial charge in [-0.25, -0.2) is 9.82 Å². The summed E-state index contributed by atoms with van der Waals surface area (Å²) in [6.45, 7) is 0. The molecule has 0 aromatic heterocycles. The van der Waals surface area contributed by atoms with Crippen LogP contribution in [0.1, 0.15) is 15.9 Å². The third kappa shape index (κ3) is 3.93. The lowest BCUT2D eigenvalue weighted by Gasteiger charge is -1.99. The monoisotopic (exact) mass is 287 g/mol. The molecule has 6 nitrogen and oxygen atoms in total. The number of rotatable bonds is 4. The van der Waals surface area contributed by atoms with Crippen LogP contribution in [0.3, 0.4) is 0 Å². The lowest BCUT2D eigenvalue weighted by molar-refractivity contribution is -0.384. The lowest BCUT2D eigenvalue weighted by atomic mass is 10.2. The van der Waals surface area contributed by atoms with Gasteiger partial charge in [-0.3, -0.25) is 14.9 Å². The molecule has 21 heavy (non-hydrogen) atoms. The summed E-state index contributed by atoms with van der Waals surface area (Å²) < 4.78 is 12.7. The van der Waals surface area contributed by atoms with Crippen LogP contribution in [0.15, 0.2) is 53.6 Å². The predicted octanol–water partition coefficient (Wildman–Crippen LogP) is 2.50. The van der Waals surface area contributed by atoms with Gasteiger partial charge in [0.2, 0.25) is 0 Å². The molecule has 0 spiro atoms. The summed E-state index contributed by atoms with van der Waals surface area (Å²) in [5, 5.41) is 14.3. The molecular weight excluding hydrogens is 277 g/mol. The summed E-state index contributed by atoms with van der Waals surface area (Å²) in [6, 6.07) is 10.8. The SMILES string of the molecule is O=C(NN=Cc1ccc(F)cc1)c1cccc([N+](=O)[O-])c1. The standard InChI is InChI=1S/C14H10FN3O3/c15-12-6-4-10(5-7-12)9-16-17-14(19)11-2-1-3-13(8-11)18(20)21/h1-9H,(H,17,19). The molecule has 0 atom stereocenters. The van der Waals surface area contributed by atoms with E-state index in [9.17, 15) is 19.3 Å².